The van der Waals surface area contributed by atoms with Gasteiger partial charge in [-0.1, -0.05) is 30.3 Å². The number of carbonyl (C=O) groups is 2. The highest BCUT2D eigenvalue weighted by Gasteiger charge is 2.24. The van der Waals surface area contributed by atoms with E-state index in [9.17, 15) is 9.59 Å². The Labute approximate surface area is 146 Å². The monoisotopic (exact) mass is 336 g/mol. The first-order valence-corrected chi connectivity index (χ1v) is 8.21. The molecule has 0 atom stereocenters. The van der Waals surface area contributed by atoms with Gasteiger partial charge in [-0.25, -0.2) is 0 Å². The van der Waals surface area contributed by atoms with E-state index in [4.69, 9.17) is 4.74 Å². The number of amides is 2. The molecule has 2 N–H and O–H groups in total. The van der Waals surface area contributed by atoms with Crippen LogP contribution in [0.2, 0.25) is 0 Å². The number of para-hydroxylation sites is 1. The van der Waals surface area contributed by atoms with Crippen molar-refractivity contribution in [1.29, 1.82) is 0 Å². The minimum absolute atomic E-state index is 0.0855. The fourth-order valence-corrected chi connectivity index (χ4v) is 2.76. The van der Waals surface area contributed by atoms with Gasteiger partial charge in [-0.05, 0) is 30.7 Å². The van der Waals surface area contributed by atoms with Crippen LogP contribution in [0.15, 0.2) is 42.5 Å². The van der Waals surface area contributed by atoms with Gasteiger partial charge in [0, 0.05) is 35.9 Å². The summed E-state index contributed by atoms with van der Waals surface area (Å²) in [7, 11) is 0. The van der Waals surface area contributed by atoms with Gasteiger partial charge >= 0.3 is 0 Å². The van der Waals surface area contributed by atoms with Gasteiger partial charge in [-0.15, -0.1) is 0 Å². The maximum atomic E-state index is 12.4. The first-order valence-electron chi connectivity index (χ1n) is 8.21. The van der Waals surface area contributed by atoms with E-state index in [-0.39, 0.29) is 11.8 Å². The van der Waals surface area contributed by atoms with Crippen molar-refractivity contribution >= 4 is 29.2 Å². The lowest BCUT2D eigenvalue weighted by Crippen LogP contribution is -2.18. The Morgan fingerprint density at radius 1 is 1.24 bits per heavy atom. The second-order valence-electron chi connectivity index (χ2n) is 5.77. The summed E-state index contributed by atoms with van der Waals surface area (Å²) in [6.07, 6.45) is 1.85. The van der Waals surface area contributed by atoms with Crippen molar-refractivity contribution < 1.29 is 14.3 Å². The first kappa shape index (κ1) is 16.8. The van der Waals surface area contributed by atoms with Crippen molar-refractivity contribution in [2.24, 2.45) is 0 Å². The van der Waals surface area contributed by atoms with E-state index in [1.54, 1.807) is 0 Å². The van der Waals surface area contributed by atoms with Crippen LogP contribution in [0.3, 0.4) is 0 Å². The van der Waals surface area contributed by atoms with E-state index >= 15 is 0 Å². The van der Waals surface area contributed by atoms with E-state index in [1.807, 2.05) is 55.5 Å². The van der Waals surface area contributed by atoms with Gasteiger partial charge < -0.3 is 15.4 Å². The van der Waals surface area contributed by atoms with Crippen molar-refractivity contribution in [3.05, 3.63) is 59.2 Å². The molecule has 0 aliphatic carbocycles. The lowest BCUT2D eigenvalue weighted by Gasteiger charge is -2.07. The normalized spacial score (nSPS) is 14.2. The molecule has 0 radical (unpaired) electrons. The first-order chi connectivity index (χ1) is 12.1. The summed E-state index contributed by atoms with van der Waals surface area (Å²) in [6.45, 7) is 4.41. The molecule has 0 saturated heterocycles. The van der Waals surface area contributed by atoms with E-state index in [1.165, 1.54) is 6.92 Å². The van der Waals surface area contributed by atoms with Crippen LogP contribution in [-0.2, 0) is 16.1 Å². The lowest BCUT2D eigenvalue weighted by molar-refractivity contribution is -0.119. The number of ether oxygens (including phenoxy) is 1. The van der Waals surface area contributed by atoms with Gasteiger partial charge in [0.05, 0.1) is 6.61 Å². The second kappa shape index (κ2) is 7.21. The molecular weight excluding hydrogens is 316 g/mol. The molecule has 5 nitrogen and oxygen atoms in total. The summed E-state index contributed by atoms with van der Waals surface area (Å²) < 4.78 is 5.63. The Balaban J connectivity index is 1.93. The Morgan fingerprint density at radius 2 is 2.04 bits per heavy atom. The molecule has 128 valence electrons. The largest absolute Gasteiger partial charge is 0.493 e. The predicted octanol–water partition coefficient (Wildman–Crippen LogP) is 3.21. The van der Waals surface area contributed by atoms with Gasteiger partial charge in [-0.2, -0.15) is 0 Å². The molecule has 0 bridgehead atoms. The zero-order valence-electron chi connectivity index (χ0n) is 14.3. The van der Waals surface area contributed by atoms with Crippen molar-refractivity contribution in [2.75, 3.05) is 11.9 Å². The zero-order valence-corrected chi connectivity index (χ0v) is 14.3. The van der Waals surface area contributed by atoms with Crippen molar-refractivity contribution in [2.45, 2.75) is 20.4 Å². The second-order valence-corrected chi connectivity index (χ2v) is 5.77. The third-order valence-electron chi connectivity index (χ3n) is 3.93. The van der Waals surface area contributed by atoms with Crippen LogP contribution in [0.1, 0.15) is 30.5 Å². The molecule has 25 heavy (non-hydrogen) atoms. The highest BCUT2D eigenvalue weighted by Crippen LogP contribution is 2.35. The number of anilines is 1. The third kappa shape index (κ3) is 3.71. The number of benzene rings is 2. The molecule has 0 spiro atoms. The Bertz CT molecular complexity index is 856. The van der Waals surface area contributed by atoms with Crippen LogP contribution < -0.4 is 15.4 Å². The molecule has 0 saturated carbocycles. The standard InChI is InChI=1S/C20H20N2O3/c1-3-25-19-7-5-4-6-15(19)11-17-16-9-8-14(12-21-13(2)23)10-18(16)22-20(17)24/h4-11H,3,12H2,1-2H3,(H,21,23)(H,22,24). The number of nitrogens with one attached hydrogen (secondary N) is 2. The molecule has 1 aliphatic heterocycles. The SMILES string of the molecule is CCOc1ccccc1C=C1C(=O)Nc2cc(CNC(C)=O)ccc21. The average Bonchev–Trinajstić information content (AvgIpc) is 2.90. The number of rotatable bonds is 5. The molecule has 2 amide bonds. The molecule has 0 aromatic heterocycles. The molecule has 2 aromatic carbocycles. The summed E-state index contributed by atoms with van der Waals surface area (Å²) in [5, 5.41) is 5.64. The lowest BCUT2D eigenvalue weighted by atomic mass is 10.0. The maximum absolute atomic E-state index is 12.4. The van der Waals surface area contributed by atoms with E-state index < -0.39 is 0 Å². The topological polar surface area (TPSA) is 67.4 Å². The van der Waals surface area contributed by atoms with E-state index in [0.717, 1.165) is 28.1 Å². The van der Waals surface area contributed by atoms with Gasteiger partial charge in [0.2, 0.25) is 5.91 Å². The highest BCUT2D eigenvalue weighted by molar-refractivity contribution is 6.35. The molecule has 0 unspecified atom stereocenters. The fourth-order valence-electron chi connectivity index (χ4n) is 2.76. The average molecular weight is 336 g/mol. The van der Waals surface area contributed by atoms with Crippen molar-refractivity contribution in [1.82, 2.24) is 5.32 Å². The number of carbonyl (C=O) groups excluding carboxylic acids is 2. The summed E-state index contributed by atoms with van der Waals surface area (Å²) in [5.41, 5.74) is 4.01. The van der Waals surface area contributed by atoms with E-state index in [2.05, 4.69) is 10.6 Å². The number of hydrogen-bond donors (Lipinski definition) is 2. The highest BCUT2D eigenvalue weighted by atomic mass is 16.5. The third-order valence-corrected chi connectivity index (χ3v) is 3.93. The predicted molar refractivity (Wildman–Crippen MR) is 98.1 cm³/mol. The number of fused-ring (bicyclic) bond motifs is 1. The van der Waals surface area contributed by atoms with Crippen molar-refractivity contribution in [3.8, 4) is 5.75 Å². The fraction of sp³-hybridized carbons (Fsp3) is 0.200. The van der Waals surface area contributed by atoms with Gasteiger partial charge in [-0.3, -0.25) is 9.59 Å². The van der Waals surface area contributed by atoms with Gasteiger partial charge in [0.15, 0.2) is 0 Å². The molecule has 1 aliphatic rings. The zero-order chi connectivity index (χ0) is 17.8. The van der Waals surface area contributed by atoms with Crippen molar-refractivity contribution in [3.63, 3.8) is 0 Å². The van der Waals surface area contributed by atoms with Crippen LogP contribution in [0, 0.1) is 0 Å². The molecule has 0 fully saturated rings. The van der Waals surface area contributed by atoms with Crippen LogP contribution in [-0.4, -0.2) is 18.4 Å². The molecular formula is C20H20N2O3. The minimum Gasteiger partial charge on any atom is -0.493 e. The summed E-state index contributed by atoms with van der Waals surface area (Å²) in [4.78, 5) is 23.4. The minimum atomic E-state index is -0.141. The number of hydrogen-bond acceptors (Lipinski definition) is 3. The molecule has 5 heteroatoms. The smallest absolute Gasteiger partial charge is 0.256 e. The maximum Gasteiger partial charge on any atom is 0.256 e. The van der Waals surface area contributed by atoms with Crippen LogP contribution in [0.25, 0.3) is 11.6 Å². The molecule has 1 heterocycles. The molecule has 2 aromatic rings. The van der Waals surface area contributed by atoms with Crippen LogP contribution in [0.4, 0.5) is 5.69 Å². The Hall–Kier alpha value is -3.08. The molecule has 3 rings (SSSR count). The van der Waals surface area contributed by atoms with Gasteiger partial charge in [0.1, 0.15) is 5.75 Å². The van der Waals surface area contributed by atoms with E-state index in [0.29, 0.717) is 18.7 Å². The summed E-state index contributed by atoms with van der Waals surface area (Å²) >= 11 is 0. The quantitative estimate of drug-likeness (QED) is 0.824. The van der Waals surface area contributed by atoms with Gasteiger partial charge in [0.25, 0.3) is 5.91 Å². The Morgan fingerprint density at radius 3 is 2.80 bits per heavy atom. The summed E-state index contributed by atoms with van der Waals surface area (Å²) in [5.74, 6) is 0.525. The van der Waals surface area contributed by atoms with Crippen LogP contribution >= 0.6 is 0 Å². The van der Waals surface area contributed by atoms with Crippen LogP contribution in [0.5, 0.6) is 5.75 Å². The summed E-state index contributed by atoms with van der Waals surface area (Å²) in [6, 6.07) is 13.3. The Kier molecular flexibility index (Phi) is 4.84.